The van der Waals surface area contributed by atoms with Crippen molar-refractivity contribution in [1.82, 2.24) is 0 Å². The Bertz CT molecular complexity index is 213. The number of hydrogen-bond acceptors (Lipinski definition) is 4. The Balaban J connectivity index is -0.000000189. The number of carbonyl (C=O) groups excluding carboxylic acids is 2. The molecule has 0 fully saturated rings. The van der Waals surface area contributed by atoms with Gasteiger partial charge in [-0.15, -0.1) is 6.42 Å². The second kappa shape index (κ2) is 17.4. The molecule has 4 nitrogen and oxygen atoms in total. The van der Waals surface area contributed by atoms with E-state index in [-0.39, 0.29) is 19.5 Å². The first kappa shape index (κ1) is 21.3. The number of carboxylic acids is 2. The number of hydrogen-bond donors (Lipinski definition) is 0. The minimum absolute atomic E-state index is 0. The van der Waals surface area contributed by atoms with E-state index >= 15 is 0 Å². The predicted octanol–water partition coefficient (Wildman–Crippen LogP) is -0.0141. The molecule has 0 saturated carbocycles. The first-order valence-electron chi connectivity index (χ1n) is 5.03. The third kappa shape index (κ3) is 51.6. The third-order valence-corrected chi connectivity index (χ3v) is 1.29. The molecule has 0 bridgehead atoms. The number of allylic oxidation sites excluding steroid dienone is 4. The summed E-state index contributed by atoms with van der Waals surface area (Å²) < 4.78 is 0. The van der Waals surface area contributed by atoms with Gasteiger partial charge in [0.2, 0.25) is 0 Å². The van der Waals surface area contributed by atoms with Gasteiger partial charge in [-0.1, -0.05) is 19.3 Å². The van der Waals surface area contributed by atoms with Gasteiger partial charge >= 0.3 is 19.5 Å². The van der Waals surface area contributed by atoms with E-state index in [4.69, 9.17) is 19.8 Å². The van der Waals surface area contributed by atoms with Crippen molar-refractivity contribution < 1.29 is 39.3 Å². The van der Waals surface area contributed by atoms with E-state index in [1.54, 1.807) is 0 Å². The Kier molecular flexibility index (Phi) is 21.9. The van der Waals surface area contributed by atoms with Crippen LogP contribution in [-0.2, 0) is 29.1 Å². The molecule has 17 heavy (non-hydrogen) atoms. The zero-order valence-electron chi connectivity index (χ0n) is 10.0. The van der Waals surface area contributed by atoms with Crippen molar-refractivity contribution in [2.75, 3.05) is 0 Å². The fraction of sp³-hybridized carbons (Fsp3) is 0.500. The molecule has 0 saturated heterocycles. The van der Waals surface area contributed by atoms with E-state index < -0.39 is 11.9 Å². The Hall–Kier alpha value is -0.957. The average molecular weight is 328 g/mol. The molecule has 1 rings (SSSR count). The molecule has 0 aromatic rings. The fourth-order valence-electron chi connectivity index (χ4n) is 0.805. The van der Waals surface area contributed by atoms with Gasteiger partial charge in [-0.05, 0) is 13.8 Å². The van der Waals surface area contributed by atoms with Gasteiger partial charge in [-0.3, -0.25) is 6.08 Å². The van der Waals surface area contributed by atoms with E-state index in [1.807, 2.05) is 6.08 Å². The maximum absolute atomic E-state index is 8.89. The van der Waals surface area contributed by atoms with Gasteiger partial charge in [0.25, 0.3) is 0 Å². The molecule has 0 N–H and O–H groups in total. The van der Waals surface area contributed by atoms with Gasteiger partial charge in [0, 0.05) is 11.9 Å². The maximum Gasteiger partial charge on any atom is 3.00 e. The molecule has 0 aliphatic heterocycles. The van der Waals surface area contributed by atoms with Gasteiger partial charge < -0.3 is 19.8 Å². The molecule has 5 heteroatoms. The molecule has 98 valence electrons. The SMILES string of the molecule is CC(=O)[O-].CC(=O)[O-].[C-]1=C/C=C\CCCC1.[Rh+3]. The Morgan fingerprint density at radius 2 is 1.59 bits per heavy atom. The van der Waals surface area contributed by atoms with Crippen LogP contribution in [0.4, 0.5) is 0 Å². The van der Waals surface area contributed by atoms with E-state index in [1.165, 1.54) is 19.3 Å². The zero-order valence-corrected chi connectivity index (χ0v) is 11.7. The van der Waals surface area contributed by atoms with Crippen LogP contribution < -0.4 is 10.2 Å². The second-order valence-corrected chi connectivity index (χ2v) is 3.03. The second-order valence-electron chi connectivity index (χ2n) is 3.03. The van der Waals surface area contributed by atoms with E-state index in [9.17, 15) is 0 Å². The Morgan fingerprint density at radius 3 is 2.06 bits per heavy atom. The van der Waals surface area contributed by atoms with Gasteiger partial charge in [0.15, 0.2) is 0 Å². The molecule has 0 aromatic heterocycles. The molecular weight excluding hydrogens is 311 g/mol. The van der Waals surface area contributed by atoms with E-state index in [2.05, 4.69) is 18.2 Å². The van der Waals surface area contributed by atoms with Gasteiger partial charge in [0.05, 0.1) is 0 Å². The minimum atomic E-state index is -1.08. The quantitative estimate of drug-likeness (QED) is 0.463. The summed E-state index contributed by atoms with van der Waals surface area (Å²) in [5, 5.41) is 17.8. The van der Waals surface area contributed by atoms with Crippen molar-refractivity contribution in [2.45, 2.75) is 39.5 Å². The molecule has 0 atom stereocenters. The molecule has 0 radical (unpaired) electrons. The molecular formula is C12H17O4Rh. The maximum atomic E-state index is 8.89. The van der Waals surface area contributed by atoms with Crippen LogP contribution in [0.25, 0.3) is 0 Å². The number of carboxylic acid groups (broad SMARTS) is 2. The van der Waals surface area contributed by atoms with Crippen LogP contribution in [0.2, 0.25) is 0 Å². The molecule has 0 spiro atoms. The van der Waals surface area contributed by atoms with Crippen molar-refractivity contribution in [1.29, 1.82) is 0 Å². The van der Waals surface area contributed by atoms with Gasteiger partial charge in [-0.2, -0.15) is 6.08 Å². The summed E-state index contributed by atoms with van der Waals surface area (Å²) in [5.41, 5.74) is 0. The molecule has 0 amide bonds. The Morgan fingerprint density at radius 1 is 1.12 bits per heavy atom. The van der Waals surface area contributed by atoms with Crippen molar-refractivity contribution in [3.63, 3.8) is 0 Å². The van der Waals surface area contributed by atoms with Crippen LogP contribution in [0.15, 0.2) is 18.2 Å². The molecule has 1 aliphatic carbocycles. The van der Waals surface area contributed by atoms with Crippen LogP contribution in [0, 0.1) is 6.08 Å². The Labute approximate surface area is 115 Å². The molecule has 0 unspecified atom stereocenters. The van der Waals surface area contributed by atoms with Crippen molar-refractivity contribution in [3.05, 3.63) is 24.3 Å². The van der Waals surface area contributed by atoms with Crippen molar-refractivity contribution >= 4 is 11.9 Å². The summed E-state index contributed by atoms with van der Waals surface area (Å²) in [6, 6.07) is 0. The minimum Gasteiger partial charge on any atom is -0.550 e. The van der Waals surface area contributed by atoms with Crippen LogP contribution in [-0.4, -0.2) is 11.9 Å². The molecule has 0 heterocycles. The molecule has 1 aliphatic rings. The largest absolute Gasteiger partial charge is 3.00 e. The molecule has 0 aromatic carbocycles. The van der Waals surface area contributed by atoms with Crippen LogP contribution in [0.1, 0.15) is 39.5 Å². The van der Waals surface area contributed by atoms with Crippen LogP contribution in [0.3, 0.4) is 0 Å². The number of carbonyl (C=O) groups is 2. The van der Waals surface area contributed by atoms with Crippen molar-refractivity contribution in [2.24, 2.45) is 0 Å². The average Bonchev–Trinajstić information content (AvgIpc) is 1.98. The van der Waals surface area contributed by atoms with Gasteiger partial charge in [-0.25, -0.2) is 12.2 Å². The first-order valence-corrected chi connectivity index (χ1v) is 5.03. The van der Waals surface area contributed by atoms with Crippen LogP contribution >= 0.6 is 0 Å². The summed E-state index contributed by atoms with van der Waals surface area (Å²) >= 11 is 0. The fourth-order valence-corrected chi connectivity index (χ4v) is 0.805. The summed E-state index contributed by atoms with van der Waals surface area (Å²) in [5.74, 6) is -2.17. The first-order chi connectivity index (χ1) is 7.46. The summed E-state index contributed by atoms with van der Waals surface area (Å²) in [7, 11) is 0. The third-order valence-electron chi connectivity index (χ3n) is 1.29. The van der Waals surface area contributed by atoms with E-state index in [0.29, 0.717) is 0 Å². The van der Waals surface area contributed by atoms with Crippen LogP contribution in [0.5, 0.6) is 0 Å². The summed E-state index contributed by atoms with van der Waals surface area (Å²) in [4.78, 5) is 17.8. The smallest absolute Gasteiger partial charge is 0.550 e. The normalized spacial score (nSPS) is 14.2. The number of aliphatic carboxylic acids is 2. The van der Waals surface area contributed by atoms with Gasteiger partial charge in [0.1, 0.15) is 0 Å². The number of rotatable bonds is 0. The van der Waals surface area contributed by atoms with E-state index in [0.717, 1.165) is 20.3 Å². The summed E-state index contributed by atoms with van der Waals surface area (Å²) in [6.45, 7) is 1.94. The predicted molar refractivity (Wildman–Crippen MR) is 56.8 cm³/mol. The monoisotopic (exact) mass is 328 g/mol. The van der Waals surface area contributed by atoms with Crippen molar-refractivity contribution in [3.8, 4) is 0 Å². The standard InChI is InChI=1S/C8H11.2C2H4O2.Rh/c1-2-4-6-8-7-5-3-1;2*1-2(3)4;/h1-3H,4,6-8H2;2*1H3,(H,3,4);/q-1;;;+3/p-2/b2-1-;;;. The zero-order chi connectivity index (χ0) is 12.8. The summed E-state index contributed by atoms with van der Waals surface area (Å²) in [6.07, 6.45) is 14.5. The topological polar surface area (TPSA) is 80.3 Å².